The van der Waals surface area contributed by atoms with Crippen molar-refractivity contribution < 1.29 is 0 Å². The predicted octanol–water partition coefficient (Wildman–Crippen LogP) is 0.754. The van der Waals surface area contributed by atoms with Gasteiger partial charge in [0.15, 0.2) is 0 Å². The van der Waals surface area contributed by atoms with Crippen molar-refractivity contribution in [3.05, 3.63) is 21.0 Å². The van der Waals surface area contributed by atoms with E-state index in [0.717, 1.165) is 25.3 Å². The van der Waals surface area contributed by atoms with E-state index in [1.165, 1.54) is 4.68 Å². The second-order valence-electron chi connectivity index (χ2n) is 6.05. The van der Waals surface area contributed by atoms with Gasteiger partial charge in [-0.25, -0.2) is 4.68 Å². The Labute approximate surface area is 134 Å². The van der Waals surface area contributed by atoms with Crippen molar-refractivity contribution in [2.75, 3.05) is 38.6 Å². The molecule has 118 valence electrons. The van der Waals surface area contributed by atoms with E-state index < -0.39 is 0 Å². The van der Waals surface area contributed by atoms with Gasteiger partial charge >= 0.3 is 0 Å². The molecule has 7 heteroatoms. The van der Waals surface area contributed by atoms with Crippen LogP contribution in [-0.4, -0.2) is 60.5 Å². The smallest absolute Gasteiger partial charge is 0.283 e. The van der Waals surface area contributed by atoms with Crippen LogP contribution in [0.5, 0.6) is 0 Å². The summed E-state index contributed by atoms with van der Waals surface area (Å²) in [5.41, 5.74) is 0.828. The second-order valence-corrected chi connectivity index (χ2v) is 6.84. The van der Waals surface area contributed by atoms with Crippen molar-refractivity contribution in [2.24, 2.45) is 0 Å². The second kappa shape index (κ2) is 6.89. The van der Waals surface area contributed by atoms with E-state index in [0.29, 0.717) is 23.1 Å². The number of aromatic nitrogens is 2. The Morgan fingerprint density at radius 1 is 1.38 bits per heavy atom. The third kappa shape index (κ3) is 4.05. The lowest BCUT2D eigenvalue weighted by Gasteiger charge is -2.37. The number of hydrogen-bond acceptors (Lipinski definition) is 5. The summed E-state index contributed by atoms with van der Waals surface area (Å²) in [6, 6.07) is 0.800. The van der Waals surface area contributed by atoms with Gasteiger partial charge in [0, 0.05) is 31.7 Å². The number of halogens is 1. The quantitative estimate of drug-likeness (QED) is 0.861. The first kappa shape index (κ1) is 16.5. The van der Waals surface area contributed by atoms with E-state index in [-0.39, 0.29) is 5.56 Å². The summed E-state index contributed by atoms with van der Waals surface area (Å²) in [7, 11) is 3.97. The monoisotopic (exact) mass is 357 g/mol. The Bertz CT molecular complexity index is 535. The number of nitrogens with one attached hydrogen (secondary N) is 1. The first-order chi connectivity index (χ1) is 9.88. The fraction of sp³-hybridized carbons (Fsp3) is 0.714. The average molecular weight is 358 g/mol. The summed E-state index contributed by atoms with van der Waals surface area (Å²) in [5.74, 6) is 0. The van der Waals surface area contributed by atoms with Gasteiger partial charge in [-0.1, -0.05) is 0 Å². The Balaban J connectivity index is 2.22. The van der Waals surface area contributed by atoms with E-state index in [9.17, 15) is 4.79 Å². The fourth-order valence-electron chi connectivity index (χ4n) is 2.65. The SMILES string of the molecule is CC1CN(c2cnn(CCN(C)C)c(=O)c2Br)CC(C)N1. The molecule has 2 unspecified atom stereocenters. The van der Waals surface area contributed by atoms with Crippen LogP contribution in [0.15, 0.2) is 15.5 Å². The van der Waals surface area contributed by atoms with Crippen molar-refractivity contribution in [3.63, 3.8) is 0 Å². The number of hydrogen-bond donors (Lipinski definition) is 1. The van der Waals surface area contributed by atoms with Gasteiger partial charge in [0.1, 0.15) is 4.47 Å². The van der Waals surface area contributed by atoms with Crippen molar-refractivity contribution in [3.8, 4) is 0 Å². The molecule has 0 radical (unpaired) electrons. The third-order valence-electron chi connectivity index (χ3n) is 3.62. The first-order valence-corrected chi connectivity index (χ1v) is 8.09. The molecule has 1 aromatic heterocycles. The number of anilines is 1. The van der Waals surface area contributed by atoms with Crippen LogP contribution >= 0.6 is 15.9 Å². The molecule has 1 aliphatic heterocycles. The van der Waals surface area contributed by atoms with Crippen LogP contribution in [0.1, 0.15) is 13.8 Å². The standard InChI is InChI=1S/C14H24BrN5O/c1-10-8-19(9-11(2)17-10)12-7-16-20(6-5-18(3)4)14(21)13(12)15/h7,10-11,17H,5-6,8-9H2,1-4H3. The lowest BCUT2D eigenvalue weighted by Crippen LogP contribution is -2.54. The number of rotatable bonds is 4. The van der Waals surface area contributed by atoms with Crippen molar-refractivity contribution in [1.29, 1.82) is 0 Å². The molecule has 2 atom stereocenters. The van der Waals surface area contributed by atoms with Gasteiger partial charge < -0.3 is 15.1 Å². The maximum Gasteiger partial charge on any atom is 0.283 e. The Morgan fingerprint density at radius 2 is 2.00 bits per heavy atom. The molecule has 0 spiro atoms. The van der Waals surface area contributed by atoms with Crippen molar-refractivity contribution >= 4 is 21.6 Å². The van der Waals surface area contributed by atoms with Crippen LogP contribution < -0.4 is 15.8 Å². The summed E-state index contributed by atoms with van der Waals surface area (Å²) in [6.07, 6.45) is 1.80. The van der Waals surface area contributed by atoms with Gasteiger partial charge in [-0.15, -0.1) is 0 Å². The van der Waals surface area contributed by atoms with Crippen LogP contribution in [-0.2, 0) is 6.54 Å². The van der Waals surface area contributed by atoms with Gasteiger partial charge in [0.05, 0.1) is 18.4 Å². The van der Waals surface area contributed by atoms with Gasteiger partial charge in [0.2, 0.25) is 0 Å². The molecular weight excluding hydrogens is 334 g/mol. The number of piperazine rings is 1. The number of likely N-dealkylation sites (N-methyl/N-ethyl adjacent to an activating group) is 1. The summed E-state index contributed by atoms with van der Waals surface area (Å²) in [5, 5.41) is 7.81. The van der Waals surface area contributed by atoms with Crippen molar-refractivity contribution in [1.82, 2.24) is 20.0 Å². The molecule has 2 heterocycles. The number of nitrogens with zero attached hydrogens (tertiary/aromatic N) is 4. The zero-order valence-electron chi connectivity index (χ0n) is 13.1. The van der Waals surface area contributed by atoms with Crippen LogP contribution in [0.3, 0.4) is 0 Å². The van der Waals surface area contributed by atoms with E-state index in [2.05, 4.69) is 45.1 Å². The van der Waals surface area contributed by atoms with E-state index in [1.807, 2.05) is 19.0 Å². The Morgan fingerprint density at radius 3 is 2.57 bits per heavy atom. The lowest BCUT2D eigenvalue weighted by molar-refractivity contribution is 0.366. The fourth-order valence-corrected chi connectivity index (χ4v) is 3.21. The highest BCUT2D eigenvalue weighted by Crippen LogP contribution is 2.23. The molecule has 1 fully saturated rings. The Hall–Kier alpha value is -0.920. The van der Waals surface area contributed by atoms with Crippen LogP contribution in [0.2, 0.25) is 0 Å². The highest BCUT2D eigenvalue weighted by Gasteiger charge is 2.24. The molecule has 0 aromatic carbocycles. The topological polar surface area (TPSA) is 53.4 Å². The molecule has 2 rings (SSSR count). The van der Waals surface area contributed by atoms with Crippen molar-refractivity contribution in [2.45, 2.75) is 32.5 Å². The molecular formula is C14H24BrN5O. The molecule has 1 aliphatic rings. The summed E-state index contributed by atoms with van der Waals surface area (Å²) in [6.45, 7) is 7.46. The van der Waals surface area contributed by atoms with E-state index >= 15 is 0 Å². The predicted molar refractivity (Wildman–Crippen MR) is 89.0 cm³/mol. The maximum atomic E-state index is 12.4. The zero-order valence-corrected chi connectivity index (χ0v) is 14.7. The summed E-state index contributed by atoms with van der Waals surface area (Å²) >= 11 is 3.46. The molecule has 0 saturated carbocycles. The molecule has 0 amide bonds. The van der Waals surface area contributed by atoms with Crippen LogP contribution in [0.25, 0.3) is 0 Å². The minimum absolute atomic E-state index is 0.0619. The van der Waals surface area contributed by atoms with Gasteiger partial charge in [0.25, 0.3) is 5.56 Å². The van der Waals surface area contributed by atoms with Gasteiger partial charge in [-0.3, -0.25) is 4.79 Å². The van der Waals surface area contributed by atoms with Gasteiger partial charge in [-0.05, 0) is 43.9 Å². The van der Waals surface area contributed by atoms with Crippen LogP contribution in [0.4, 0.5) is 5.69 Å². The molecule has 0 aliphatic carbocycles. The molecule has 0 bridgehead atoms. The molecule has 6 nitrogen and oxygen atoms in total. The van der Waals surface area contributed by atoms with E-state index in [4.69, 9.17) is 0 Å². The average Bonchev–Trinajstić information content (AvgIpc) is 2.39. The molecule has 1 N–H and O–H groups in total. The normalized spacial score (nSPS) is 22.9. The molecule has 1 aromatic rings. The minimum Gasteiger partial charge on any atom is -0.366 e. The maximum absolute atomic E-state index is 12.4. The largest absolute Gasteiger partial charge is 0.366 e. The minimum atomic E-state index is -0.0619. The highest BCUT2D eigenvalue weighted by atomic mass is 79.9. The third-order valence-corrected chi connectivity index (χ3v) is 4.37. The highest BCUT2D eigenvalue weighted by molar-refractivity contribution is 9.10. The van der Waals surface area contributed by atoms with E-state index in [1.54, 1.807) is 6.20 Å². The first-order valence-electron chi connectivity index (χ1n) is 7.30. The Kier molecular flexibility index (Phi) is 5.40. The summed E-state index contributed by atoms with van der Waals surface area (Å²) in [4.78, 5) is 16.7. The lowest BCUT2D eigenvalue weighted by atomic mass is 10.1. The van der Waals surface area contributed by atoms with Gasteiger partial charge in [-0.2, -0.15) is 5.10 Å². The molecule has 21 heavy (non-hydrogen) atoms. The zero-order chi connectivity index (χ0) is 15.6. The van der Waals surface area contributed by atoms with Crippen LogP contribution in [0, 0.1) is 0 Å². The molecule has 1 saturated heterocycles. The summed E-state index contributed by atoms with van der Waals surface area (Å²) < 4.78 is 2.13.